The molecule has 13 heavy (non-hydrogen) atoms. The van der Waals surface area contributed by atoms with Crippen LogP contribution in [-0.4, -0.2) is 36.6 Å². The van der Waals surface area contributed by atoms with Gasteiger partial charge in [0, 0.05) is 18.0 Å². The van der Waals surface area contributed by atoms with E-state index in [0.29, 0.717) is 6.04 Å². The first-order valence-corrected chi connectivity index (χ1v) is 5.30. The summed E-state index contributed by atoms with van der Waals surface area (Å²) in [6, 6.07) is 0.532. The summed E-state index contributed by atoms with van der Waals surface area (Å²) in [6.07, 6.45) is 0. The number of anilines is 1. The number of likely N-dealkylation sites (N-methyl/N-ethyl adjacent to an activating group) is 1. The van der Waals surface area contributed by atoms with Crippen LogP contribution >= 0.6 is 11.3 Å². The molecule has 1 atom stereocenters. The van der Waals surface area contributed by atoms with Crippen molar-refractivity contribution < 1.29 is 0 Å². The van der Waals surface area contributed by atoms with Crippen molar-refractivity contribution in [1.82, 2.24) is 9.88 Å². The van der Waals surface area contributed by atoms with E-state index in [1.165, 1.54) is 0 Å². The van der Waals surface area contributed by atoms with Gasteiger partial charge in [0.2, 0.25) is 0 Å². The van der Waals surface area contributed by atoms with E-state index in [1.807, 2.05) is 6.92 Å². The van der Waals surface area contributed by atoms with Crippen molar-refractivity contribution in [3.05, 3.63) is 11.1 Å². The van der Waals surface area contributed by atoms with Gasteiger partial charge in [0.1, 0.15) is 0 Å². The van der Waals surface area contributed by atoms with Gasteiger partial charge < -0.3 is 10.2 Å². The van der Waals surface area contributed by atoms with E-state index in [2.05, 4.69) is 41.6 Å². The van der Waals surface area contributed by atoms with Gasteiger partial charge in [0.25, 0.3) is 0 Å². The van der Waals surface area contributed by atoms with Crippen LogP contribution in [0.25, 0.3) is 0 Å². The smallest absolute Gasteiger partial charge is 0.182 e. The second kappa shape index (κ2) is 4.58. The molecule has 1 aromatic heterocycles. The molecule has 0 fully saturated rings. The predicted octanol–water partition coefficient (Wildman–Crippen LogP) is 1.81. The van der Waals surface area contributed by atoms with Crippen LogP contribution in [0.3, 0.4) is 0 Å². The van der Waals surface area contributed by atoms with Gasteiger partial charge in [-0.2, -0.15) is 0 Å². The summed E-state index contributed by atoms with van der Waals surface area (Å²) in [5, 5.41) is 6.39. The molecule has 4 heteroatoms. The minimum absolute atomic E-state index is 0.532. The molecule has 1 unspecified atom stereocenters. The number of hydrogen-bond donors (Lipinski definition) is 1. The fourth-order valence-corrected chi connectivity index (χ4v) is 1.55. The number of rotatable bonds is 4. The molecule has 1 N–H and O–H groups in total. The molecule has 0 saturated heterocycles. The summed E-state index contributed by atoms with van der Waals surface area (Å²) in [6.45, 7) is 5.14. The van der Waals surface area contributed by atoms with Crippen LogP contribution in [0.2, 0.25) is 0 Å². The Bertz CT molecular complexity index is 257. The molecule has 0 spiro atoms. The molecule has 1 rings (SSSR count). The van der Waals surface area contributed by atoms with Gasteiger partial charge in [-0.15, -0.1) is 11.3 Å². The number of aromatic nitrogens is 1. The summed E-state index contributed by atoms with van der Waals surface area (Å²) < 4.78 is 0. The van der Waals surface area contributed by atoms with E-state index in [0.717, 1.165) is 17.4 Å². The minimum Gasteiger partial charge on any atom is -0.360 e. The lowest BCUT2D eigenvalue weighted by molar-refractivity contribution is 0.326. The zero-order chi connectivity index (χ0) is 9.84. The van der Waals surface area contributed by atoms with Crippen molar-refractivity contribution in [2.45, 2.75) is 19.9 Å². The molecule has 1 heterocycles. The monoisotopic (exact) mass is 199 g/mol. The van der Waals surface area contributed by atoms with Crippen LogP contribution in [0.4, 0.5) is 5.13 Å². The molecule has 0 aromatic carbocycles. The zero-order valence-electron chi connectivity index (χ0n) is 8.66. The highest BCUT2D eigenvalue weighted by Crippen LogP contribution is 2.14. The van der Waals surface area contributed by atoms with E-state index in [4.69, 9.17) is 0 Å². The van der Waals surface area contributed by atoms with Crippen molar-refractivity contribution >= 4 is 16.5 Å². The Hall–Kier alpha value is -0.610. The Morgan fingerprint density at radius 2 is 2.31 bits per heavy atom. The predicted molar refractivity (Wildman–Crippen MR) is 58.5 cm³/mol. The normalized spacial score (nSPS) is 13.3. The Kier molecular flexibility index (Phi) is 3.69. The Balaban J connectivity index is 2.35. The van der Waals surface area contributed by atoms with E-state index in [9.17, 15) is 0 Å². The zero-order valence-corrected chi connectivity index (χ0v) is 9.48. The van der Waals surface area contributed by atoms with Crippen molar-refractivity contribution in [1.29, 1.82) is 0 Å². The molecule has 0 radical (unpaired) electrons. The fraction of sp³-hybridized carbons (Fsp3) is 0.667. The molecule has 0 amide bonds. The standard InChI is InChI=1S/C9H17N3S/c1-7-6-13-9(11-7)10-5-8(2)12(3)4/h6,8H,5H2,1-4H3,(H,10,11). The Morgan fingerprint density at radius 1 is 1.62 bits per heavy atom. The van der Waals surface area contributed by atoms with E-state index >= 15 is 0 Å². The highest BCUT2D eigenvalue weighted by molar-refractivity contribution is 7.13. The van der Waals surface area contributed by atoms with Crippen molar-refractivity contribution in [2.75, 3.05) is 26.0 Å². The van der Waals surface area contributed by atoms with Gasteiger partial charge in [-0.1, -0.05) is 0 Å². The van der Waals surface area contributed by atoms with Crippen molar-refractivity contribution in [3.63, 3.8) is 0 Å². The maximum absolute atomic E-state index is 4.33. The second-order valence-electron chi connectivity index (χ2n) is 3.49. The van der Waals surface area contributed by atoms with Crippen molar-refractivity contribution in [3.8, 4) is 0 Å². The third kappa shape index (κ3) is 3.32. The van der Waals surface area contributed by atoms with Crippen LogP contribution in [-0.2, 0) is 0 Å². The van der Waals surface area contributed by atoms with E-state index in [1.54, 1.807) is 11.3 Å². The summed E-state index contributed by atoms with van der Waals surface area (Å²) in [5.74, 6) is 0. The average molecular weight is 199 g/mol. The summed E-state index contributed by atoms with van der Waals surface area (Å²) in [4.78, 5) is 6.52. The molecular formula is C9H17N3S. The Morgan fingerprint density at radius 3 is 2.77 bits per heavy atom. The SMILES string of the molecule is Cc1csc(NCC(C)N(C)C)n1. The van der Waals surface area contributed by atoms with Crippen LogP contribution < -0.4 is 5.32 Å². The lowest BCUT2D eigenvalue weighted by atomic mass is 10.3. The van der Waals surface area contributed by atoms with Crippen LogP contribution in [0.1, 0.15) is 12.6 Å². The highest BCUT2D eigenvalue weighted by Gasteiger charge is 2.04. The second-order valence-corrected chi connectivity index (χ2v) is 4.35. The summed E-state index contributed by atoms with van der Waals surface area (Å²) >= 11 is 1.66. The third-order valence-electron chi connectivity index (χ3n) is 2.05. The maximum atomic E-state index is 4.33. The molecule has 0 bridgehead atoms. The van der Waals surface area contributed by atoms with Gasteiger partial charge in [0.15, 0.2) is 5.13 Å². The Labute approximate surface area is 83.8 Å². The first-order valence-electron chi connectivity index (χ1n) is 4.42. The third-order valence-corrected chi connectivity index (χ3v) is 2.97. The number of thiazole rings is 1. The number of nitrogens with zero attached hydrogens (tertiary/aromatic N) is 2. The van der Waals surface area contributed by atoms with Crippen molar-refractivity contribution in [2.24, 2.45) is 0 Å². The highest BCUT2D eigenvalue weighted by atomic mass is 32.1. The van der Waals surface area contributed by atoms with Crippen LogP contribution in [0, 0.1) is 6.92 Å². The average Bonchev–Trinajstić information content (AvgIpc) is 2.47. The largest absolute Gasteiger partial charge is 0.360 e. The molecule has 74 valence electrons. The van der Waals surface area contributed by atoms with Crippen LogP contribution in [0.5, 0.6) is 0 Å². The number of nitrogens with one attached hydrogen (secondary N) is 1. The van der Waals surface area contributed by atoms with Gasteiger partial charge in [0.05, 0.1) is 5.69 Å². The topological polar surface area (TPSA) is 28.2 Å². The molecule has 0 saturated carbocycles. The number of hydrogen-bond acceptors (Lipinski definition) is 4. The van der Waals surface area contributed by atoms with E-state index in [-0.39, 0.29) is 0 Å². The molecule has 1 aromatic rings. The molecule has 0 aliphatic heterocycles. The van der Waals surface area contributed by atoms with Gasteiger partial charge in [-0.05, 0) is 27.9 Å². The lowest BCUT2D eigenvalue weighted by Crippen LogP contribution is -2.31. The molecular weight excluding hydrogens is 182 g/mol. The van der Waals surface area contributed by atoms with Gasteiger partial charge >= 0.3 is 0 Å². The maximum Gasteiger partial charge on any atom is 0.182 e. The molecule has 0 aliphatic carbocycles. The van der Waals surface area contributed by atoms with Gasteiger partial charge in [-0.25, -0.2) is 4.98 Å². The fourth-order valence-electron chi connectivity index (χ4n) is 0.853. The van der Waals surface area contributed by atoms with Gasteiger partial charge in [-0.3, -0.25) is 0 Å². The first kappa shape index (κ1) is 10.5. The molecule has 3 nitrogen and oxygen atoms in total. The first-order chi connectivity index (χ1) is 6.09. The summed E-state index contributed by atoms with van der Waals surface area (Å²) in [5.41, 5.74) is 1.09. The van der Waals surface area contributed by atoms with E-state index < -0.39 is 0 Å². The molecule has 0 aliphatic rings. The lowest BCUT2D eigenvalue weighted by Gasteiger charge is -2.19. The van der Waals surface area contributed by atoms with Crippen LogP contribution in [0.15, 0.2) is 5.38 Å². The minimum atomic E-state index is 0.532. The number of aryl methyl sites for hydroxylation is 1. The summed E-state index contributed by atoms with van der Waals surface area (Å²) in [7, 11) is 4.17. The quantitative estimate of drug-likeness (QED) is 0.801.